The van der Waals surface area contributed by atoms with Crippen LogP contribution in [0.5, 0.6) is 0 Å². The maximum absolute atomic E-state index is 12.9. The number of aliphatic hydroxyl groups excluding tert-OH is 7. The molecule has 6 aliphatic rings. The summed E-state index contributed by atoms with van der Waals surface area (Å²) < 4.78 is 17.6. The molecule has 300 valence electrons. The second kappa shape index (κ2) is 13.9. The molecule has 1 aliphatic heterocycles. The molecule has 5 aliphatic carbocycles. The minimum Gasteiger partial charge on any atom is -0.479 e. The van der Waals surface area contributed by atoms with Crippen LogP contribution in [-0.4, -0.2) is 121 Å². The summed E-state index contributed by atoms with van der Waals surface area (Å²) in [7, 11) is 0. The zero-order chi connectivity index (χ0) is 39.2. The van der Waals surface area contributed by atoms with Gasteiger partial charge in [0.1, 0.15) is 24.9 Å². The van der Waals surface area contributed by atoms with Gasteiger partial charge in [-0.05, 0) is 98.7 Å². The van der Waals surface area contributed by atoms with Crippen LogP contribution in [0.3, 0.4) is 0 Å². The molecular weight excluding hydrogens is 688 g/mol. The molecule has 2 unspecified atom stereocenters. The van der Waals surface area contributed by atoms with E-state index in [-0.39, 0.29) is 47.7 Å². The summed E-state index contributed by atoms with van der Waals surface area (Å²) in [6.45, 7) is 13.3. The van der Waals surface area contributed by atoms with Gasteiger partial charge >= 0.3 is 11.9 Å². The number of carbonyl (C=O) groups excluding carboxylic acids is 1. The summed E-state index contributed by atoms with van der Waals surface area (Å²) in [6.07, 6.45) is -4.69. The van der Waals surface area contributed by atoms with E-state index in [2.05, 4.69) is 19.9 Å². The lowest BCUT2D eigenvalue weighted by Crippen LogP contribution is -2.70. The van der Waals surface area contributed by atoms with Gasteiger partial charge in [-0.1, -0.05) is 52.3 Å². The Labute approximate surface area is 312 Å². The van der Waals surface area contributed by atoms with Gasteiger partial charge in [0, 0.05) is 11.0 Å². The van der Waals surface area contributed by atoms with Crippen LogP contribution in [0.4, 0.5) is 0 Å². The molecule has 1 heterocycles. The van der Waals surface area contributed by atoms with E-state index < -0.39 is 83.3 Å². The van der Waals surface area contributed by atoms with E-state index in [0.29, 0.717) is 31.3 Å². The highest BCUT2D eigenvalue weighted by atomic mass is 16.7. The zero-order valence-electron chi connectivity index (χ0n) is 32.1. The van der Waals surface area contributed by atoms with Gasteiger partial charge in [0.25, 0.3) is 0 Å². The highest BCUT2D eigenvalue weighted by Crippen LogP contribution is 2.72. The highest BCUT2D eigenvalue weighted by molar-refractivity contribution is 5.87. The van der Waals surface area contributed by atoms with Crippen molar-refractivity contribution >= 4 is 11.9 Å². The van der Waals surface area contributed by atoms with Gasteiger partial charge in [-0.15, -0.1) is 0 Å². The van der Waals surface area contributed by atoms with Gasteiger partial charge in [-0.25, -0.2) is 9.59 Å². The van der Waals surface area contributed by atoms with Crippen molar-refractivity contribution in [1.82, 2.24) is 0 Å². The number of carboxylic acid groups (broad SMARTS) is 1. The zero-order valence-corrected chi connectivity index (χ0v) is 32.1. The number of ether oxygens (including phenoxy) is 3. The molecule has 13 heteroatoms. The van der Waals surface area contributed by atoms with E-state index >= 15 is 0 Å². The van der Waals surface area contributed by atoms with Crippen molar-refractivity contribution in [2.24, 2.45) is 50.7 Å². The van der Waals surface area contributed by atoms with Crippen LogP contribution in [0.2, 0.25) is 0 Å². The number of aliphatic carboxylic acids is 1. The van der Waals surface area contributed by atoms with Crippen LogP contribution in [0.1, 0.15) is 93.4 Å². The van der Waals surface area contributed by atoms with Crippen LogP contribution in [0, 0.1) is 50.7 Å². The fraction of sp³-hybridized carbons (Fsp3) is 0.850. The average molecular weight is 751 g/mol. The first kappa shape index (κ1) is 40.7. The van der Waals surface area contributed by atoms with Gasteiger partial charge in [-0.3, -0.25) is 0 Å². The summed E-state index contributed by atoms with van der Waals surface area (Å²) in [5, 5.41) is 87.5. The largest absolute Gasteiger partial charge is 0.479 e. The number of aliphatic hydroxyl groups is 7. The Kier molecular flexibility index (Phi) is 10.7. The van der Waals surface area contributed by atoms with Gasteiger partial charge in [0.05, 0.1) is 36.4 Å². The Balaban J connectivity index is 1.31. The van der Waals surface area contributed by atoms with Gasteiger partial charge in [-0.2, -0.15) is 0 Å². The summed E-state index contributed by atoms with van der Waals surface area (Å²) >= 11 is 0. The Morgan fingerprint density at radius 3 is 2.19 bits per heavy atom. The van der Waals surface area contributed by atoms with E-state index in [1.165, 1.54) is 0 Å². The summed E-state index contributed by atoms with van der Waals surface area (Å²) in [5.74, 6) is -2.31. The Morgan fingerprint density at radius 1 is 0.906 bits per heavy atom. The SMILES string of the molecule is C/C=C(\C)C(=O)OC[C@@]12C(CC(C)(C)[C@@H](O)[C@@H]1O)C1=CC[C@H]3[C@@](C)(CCC4[C@](C)(CO)[C@@H](O[C@@H]5O[C@H](C(=O)O)[C@@H](O)[C@H](O)[C@H]5O)CC[C@@]43C)[C@@H]1C[C@@H]2O. The molecule has 0 aromatic rings. The second-order valence-corrected chi connectivity index (χ2v) is 18.8. The third-order valence-electron chi connectivity index (χ3n) is 15.8. The van der Waals surface area contributed by atoms with E-state index in [4.69, 9.17) is 14.2 Å². The summed E-state index contributed by atoms with van der Waals surface area (Å²) in [4.78, 5) is 24.6. The number of hydrogen-bond acceptors (Lipinski definition) is 12. The molecule has 0 bridgehead atoms. The first-order valence-electron chi connectivity index (χ1n) is 19.4. The van der Waals surface area contributed by atoms with E-state index in [9.17, 15) is 50.4 Å². The molecule has 8 N–H and O–H groups in total. The first-order chi connectivity index (χ1) is 24.6. The monoisotopic (exact) mass is 750 g/mol. The van der Waals surface area contributed by atoms with Gasteiger partial charge in [0.2, 0.25) is 0 Å². The maximum atomic E-state index is 12.9. The van der Waals surface area contributed by atoms with Gasteiger partial charge < -0.3 is 55.1 Å². The molecule has 17 atom stereocenters. The predicted octanol–water partition coefficient (Wildman–Crippen LogP) is 2.07. The van der Waals surface area contributed by atoms with Crippen molar-refractivity contribution in [3.8, 4) is 0 Å². The predicted molar refractivity (Wildman–Crippen MR) is 190 cm³/mol. The minimum atomic E-state index is -1.84. The molecule has 0 aromatic carbocycles. The van der Waals surface area contributed by atoms with Crippen molar-refractivity contribution in [2.45, 2.75) is 149 Å². The number of carbonyl (C=O) groups is 2. The lowest BCUT2D eigenvalue weighted by molar-refractivity contribution is -0.327. The van der Waals surface area contributed by atoms with E-state index in [1.54, 1.807) is 19.9 Å². The molecule has 4 saturated carbocycles. The maximum Gasteiger partial charge on any atom is 0.335 e. The van der Waals surface area contributed by atoms with Crippen LogP contribution >= 0.6 is 0 Å². The lowest BCUT2D eigenvalue weighted by Gasteiger charge is -2.69. The minimum absolute atomic E-state index is 0.0422. The molecule has 0 spiro atoms. The van der Waals surface area contributed by atoms with Crippen LogP contribution < -0.4 is 0 Å². The van der Waals surface area contributed by atoms with E-state index in [1.807, 2.05) is 20.8 Å². The molecule has 0 aromatic heterocycles. The molecule has 6 rings (SSSR count). The third kappa shape index (κ3) is 5.98. The normalized spacial score (nSPS) is 50.8. The van der Waals surface area contributed by atoms with Crippen molar-refractivity contribution in [1.29, 1.82) is 0 Å². The smallest absolute Gasteiger partial charge is 0.335 e. The topological polar surface area (TPSA) is 224 Å². The number of carboxylic acids is 1. The molecule has 1 saturated heterocycles. The molecule has 13 nitrogen and oxygen atoms in total. The number of hydrogen-bond donors (Lipinski definition) is 8. The highest BCUT2D eigenvalue weighted by Gasteiger charge is 2.70. The van der Waals surface area contributed by atoms with Crippen molar-refractivity contribution in [3.05, 3.63) is 23.3 Å². The Bertz CT molecular complexity index is 1490. The molecule has 0 radical (unpaired) electrons. The molecule has 53 heavy (non-hydrogen) atoms. The standard InChI is InChI=1S/C40H62O13/c1-8-19(2)34(50)51-18-40-22(16-36(3,4)31(46)32(40)47)20-9-10-23-37(5,21(20)15-25(40)42)13-11-24-38(23,6)14-12-26(39(24,7)17-41)52-35-29(45)27(43)28(44)30(53-35)33(48)49/h8-9,21-32,35,41-47H,10-18H2,1-7H3,(H,48,49)/b19-8+/t21-,22?,23+,24?,25+,26+,27+,28+,29-,30+,31+,32+,35-,37+,38-,39+,40+/m1/s1. The quantitative estimate of drug-likeness (QED) is 0.0809. The fourth-order valence-electron chi connectivity index (χ4n) is 12.4. The van der Waals surface area contributed by atoms with Crippen molar-refractivity contribution in [3.63, 3.8) is 0 Å². The average Bonchev–Trinajstić information content (AvgIpc) is 3.10. The Hall–Kier alpha value is -1.94. The van der Waals surface area contributed by atoms with Crippen molar-refractivity contribution in [2.75, 3.05) is 13.2 Å². The summed E-state index contributed by atoms with van der Waals surface area (Å²) in [6, 6.07) is 0. The number of esters is 1. The molecule has 0 amide bonds. The lowest BCUT2D eigenvalue weighted by atomic mass is 9.36. The summed E-state index contributed by atoms with van der Waals surface area (Å²) in [5.41, 5.74) is -1.78. The van der Waals surface area contributed by atoms with Gasteiger partial charge in [0.15, 0.2) is 12.4 Å². The Morgan fingerprint density at radius 2 is 1.57 bits per heavy atom. The van der Waals surface area contributed by atoms with Crippen LogP contribution in [0.25, 0.3) is 0 Å². The third-order valence-corrected chi connectivity index (χ3v) is 15.8. The van der Waals surface area contributed by atoms with Crippen LogP contribution in [-0.2, 0) is 23.8 Å². The fourth-order valence-corrected chi connectivity index (χ4v) is 12.4. The van der Waals surface area contributed by atoms with Crippen molar-refractivity contribution < 1.29 is 64.7 Å². The first-order valence-corrected chi connectivity index (χ1v) is 19.4. The number of allylic oxidation sites excluding steroid dienone is 3. The number of fused-ring (bicyclic) bond motifs is 7. The molecule has 5 fully saturated rings. The number of rotatable bonds is 7. The molecular formula is C40H62O13. The van der Waals surface area contributed by atoms with Crippen LogP contribution in [0.15, 0.2) is 23.3 Å². The second-order valence-electron chi connectivity index (χ2n) is 18.8. The van der Waals surface area contributed by atoms with E-state index in [0.717, 1.165) is 24.8 Å².